The lowest BCUT2D eigenvalue weighted by Crippen LogP contribution is -2.35. The molecule has 1 aromatic heterocycles. The van der Waals surface area contributed by atoms with Crippen molar-refractivity contribution in [2.75, 3.05) is 19.0 Å². The molecule has 0 unspecified atom stereocenters. The highest BCUT2D eigenvalue weighted by molar-refractivity contribution is 7.15. The third kappa shape index (κ3) is 3.16. The van der Waals surface area contributed by atoms with Gasteiger partial charge in [-0.3, -0.25) is 10.1 Å². The fraction of sp³-hybridized carbons (Fsp3) is 0.267. The molecule has 0 saturated heterocycles. The lowest BCUT2D eigenvalue weighted by molar-refractivity contribution is 0.0731. The molecule has 6 nitrogen and oxygen atoms in total. The molecule has 1 aromatic carbocycles. The van der Waals surface area contributed by atoms with Crippen LogP contribution in [0, 0.1) is 5.82 Å². The highest BCUT2D eigenvalue weighted by Gasteiger charge is 2.26. The molecular weight excluding hydrogens is 321 g/mol. The van der Waals surface area contributed by atoms with Gasteiger partial charge in [-0.25, -0.2) is 14.2 Å². The summed E-state index contributed by atoms with van der Waals surface area (Å²) in [6, 6.07) is 5.93. The average molecular weight is 335 g/mol. The van der Waals surface area contributed by atoms with E-state index in [-0.39, 0.29) is 11.5 Å². The number of fused-ring (bicyclic) bond motifs is 1. The number of amides is 2. The van der Waals surface area contributed by atoms with Gasteiger partial charge >= 0.3 is 6.09 Å². The van der Waals surface area contributed by atoms with E-state index >= 15 is 0 Å². The van der Waals surface area contributed by atoms with E-state index in [0.717, 1.165) is 10.6 Å². The number of hydrogen-bond acceptors (Lipinski definition) is 5. The van der Waals surface area contributed by atoms with Crippen LogP contribution >= 0.6 is 11.3 Å². The number of aromatic nitrogens is 1. The van der Waals surface area contributed by atoms with Crippen LogP contribution < -0.4 is 5.32 Å². The van der Waals surface area contributed by atoms with E-state index in [0.29, 0.717) is 24.6 Å². The van der Waals surface area contributed by atoms with Gasteiger partial charge in [-0.2, -0.15) is 0 Å². The number of carbonyl (C=O) groups is 2. The molecule has 2 heterocycles. The van der Waals surface area contributed by atoms with E-state index in [1.54, 1.807) is 17.0 Å². The third-order valence-electron chi connectivity index (χ3n) is 3.52. The summed E-state index contributed by atoms with van der Waals surface area (Å²) in [5.41, 5.74) is 0.910. The Bertz CT molecular complexity index is 762. The van der Waals surface area contributed by atoms with Crippen molar-refractivity contribution in [3.8, 4) is 0 Å². The second-order valence-corrected chi connectivity index (χ2v) is 6.05. The fourth-order valence-corrected chi connectivity index (χ4v) is 3.38. The molecule has 0 saturated carbocycles. The Kier molecular flexibility index (Phi) is 4.24. The summed E-state index contributed by atoms with van der Waals surface area (Å²) in [6.45, 7) is 0.810. The summed E-state index contributed by atoms with van der Waals surface area (Å²) in [6.07, 6.45) is -0.0232. The molecule has 1 aliphatic heterocycles. The maximum atomic E-state index is 13.8. The van der Waals surface area contributed by atoms with Crippen LogP contribution in [0.15, 0.2) is 24.3 Å². The first kappa shape index (κ1) is 15.4. The van der Waals surface area contributed by atoms with Gasteiger partial charge in [0.05, 0.1) is 24.9 Å². The largest absolute Gasteiger partial charge is 0.453 e. The lowest BCUT2D eigenvalue weighted by atomic mass is 10.1. The highest BCUT2D eigenvalue weighted by atomic mass is 32.1. The zero-order valence-corrected chi connectivity index (χ0v) is 13.2. The molecule has 0 bridgehead atoms. The van der Waals surface area contributed by atoms with E-state index < -0.39 is 11.9 Å². The van der Waals surface area contributed by atoms with Crippen molar-refractivity contribution in [1.82, 2.24) is 9.88 Å². The molecule has 0 fully saturated rings. The van der Waals surface area contributed by atoms with Gasteiger partial charge in [-0.05, 0) is 12.1 Å². The maximum absolute atomic E-state index is 13.8. The summed E-state index contributed by atoms with van der Waals surface area (Å²) in [7, 11) is 1.28. The second-order valence-electron chi connectivity index (χ2n) is 4.96. The van der Waals surface area contributed by atoms with E-state index in [1.807, 2.05) is 0 Å². The third-order valence-corrected chi connectivity index (χ3v) is 4.51. The molecule has 1 N–H and O–H groups in total. The molecule has 0 spiro atoms. The molecule has 8 heteroatoms. The van der Waals surface area contributed by atoms with E-state index in [1.165, 1.54) is 30.6 Å². The molecule has 2 amide bonds. The molecule has 0 radical (unpaired) electrons. The Morgan fingerprint density at radius 1 is 1.39 bits per heavy atom. The number of nitrogens with one attached hydrogen (secondary N) is 1. The predicted molar refractivity (Wildman–Crippen MR) is 83.0 cm³/mol. The number of hydrogen-bond donors (Lipinski definition) is 1. The molecule has 1 aliphatic rings. The number of rotatable bonds is 2. The molecule has 2 aromatic rings. The standard InChI is InChI=1S/C15H14FN3O3S/c1-22-15(21)18-14-17-11-6-7-19(8-12(11)23-14)13(20)9-4-2-3-5-10(9)16/h2-5H,6-8H2,1H3,(H,17,18,21). The fourth-order valence-electron chi connectivity index (χ4n) is 2.37. The van der Waals surface area contributed by atoms with Gasteiger partial charge in [0, 0.05) is 17.8 Å². The Morgan fingerprint density at radius 3 is 2.91 bits per heavy atom. The monoisotopic (exact) mass is 335 g/mol. The minimum absolute atomic E-state index is 0.0633. The van der Waals surface area contributed by atoms with Gasteiger partial charge in [-0.1, -0.05) is 23.5 Å². The van der Waals surface area contributed by atoms with E-state index in [9.17, 15) is 14.0 Å². The first-order valence-electron chi connectivity index (χ1n) is 6.96. The second kappa shape index (κ2) is 6.33. The van der Waals surface area contributed by atoms with Crippen LogP contribution in [0.3, 0.4) is 0 Å². The number of halogens is 1. The molecule has 0 aliphatic carbocycles. The summed E-state index contributed by atoms with van der Waals surface area (Å²) in [5.74, 6) is -0.870. The zero-order valence-electron chi connectivity index (χ0n) is 12.3. The minimum atomic E-state index is -0.588. The summed E-state index contributed by atoms with van der Waals surface area (Å²) < 4.78 is 18.3. The van der Waals surface area contributed by atoms with Crippen molar-refractivity contribution in [3.63, 3.8) is 0 Å². The first-order chi connectivity index (χ1) is 11.1. The Morgan fingerprint density at radius 2 is 2.17 bits per heavy atom. The quantitative estimate of drug-likeness (QED) is 0.916. The van der Waals surface area contributed by atoms with Crippen molar-refractivity contribution in [1.29, 1.82) is 0 Å². The number of thiazole rings is 1. The average Bonchev–Trinajstić information content (AvgIpc) is 2.95. The van der Waals surface area contributed by atoms with Crippen molar-refractivity contribution in [2.45, 2.75) is 13.0 Å². The van der Waals surface area contributed by atoms with Crippen molar-refractivity contribution >= 4 is 28.5 Å². The maximum Gasteiger partial charge on any atom is 0.413 e. The van der Waals surface area contributed by atoms with E-state index in [4.69, 9.17) is 0 Å². The van der Waals surface area contributed by atoms with Crippen molar-refractivity contribution in [3.05, 3.63) is 46.2 Å². The molecule has 3 rings (SSSR count). The zero-order chi connectivity index (χ0) is 16.4. The van der Waals surface area contributed by atoms with Crippen LogP contribution in [-0.2, 0) is 17.7 Å². The normalized spacial score (nSPS) is 13.4. The van der Waals surface area contributed by atoms with Gasteiger partial charge < -0.3 is 9.64 Å². The lowest BCUT2D eigenvalue weighted by Gasteiger charge is -2.26. The van der Waals surface area contributed by atoms with Crippen LogP contribution in [0.5, 0.6) is 0 Å². The van der Waals surface area contributed by atoms with Crippen LogP contribution in [0.2, 0.25) is 0 Å². The Labute approximate surface area is 135 Å². The molecule has 23 heavy (non-hydrogen) atoms. The number of anilines is 1. The van der Waals surface area contributed by atoms with Gasteiger partial charge in [0.15, 0.2) is 5.13 Å². The van der Waals surface area contributed by atoms with Gasteiger partial charge in [-0.15, -0.1) is 0 Å². The number of benzene rings is 1. The smallest absolute Gasteiger partial charge is 0.413 e. The van der Waals surface area contributed by atoms with Crippen molar-refractivity contribution < 1.29 is 18.7 Å². The van der Waals surface area contributed by atoms with Gasteiger partial charge in [0.1, 0.15) is 5.82 Å². The Balaban J connectivity index is 1.76. The molecule has 120 valence electrons. The summed E-state index contributed by atoms with van der Waals surface area (Å²) in [4.78, 5) is 30.4. The number of carbonyl (C=O) groups excluding carboxylic acids is 2. The molecular formula is C15H14FN3O3S. The van der Waals surface area contributed by atoms with Crippen LogP contribution in [0.4, 0.5) is 14.3 Å². The van der Waals surface area contributed by atoms with Gasteiger partial charge in [0.2, 0.25) is 0 Å². The number of methoxy groups -OCH3 is 1. The van der Waals surface area contributed by atoms with Crippen molar-refractivity contribution in [2.24, 2.45) is 0 Å². The topological polar surface area (TPSA) is 71.5 Å². The highest BCUT2D eigenvalue weighted by Crippen LogP contribution is 2.29. The minimum Gasteiger partial charge on any atom is -0.453 e. The SMILES string of the molecule is COC(=O)Nc1nc2c(s1)CN(C(=O)c1ccccc1F)CC2. The Hall–Kier alpha value is -2.48. The van der Waals surface area contributed by atoms with Gasteiger partial charge in [0.25, 0.3) is 5.91 Å². The number of nitrogens with zero attached hydrogens (tertiary/aromatic N) is 2. The molecule has 0 atom stereocenters. The summed E-state index contributed by atoms with van der Waals surface area (Å²) >= 11 is 1.29. The van der Waals surface area contributed by atoms with Crippen LogP contribution in [0.25, 0.3) is 0 Å². The first-order valence-corrected chi connectivity index (χ1v) is 7.77. The van der Waals surface area contributed by atoms with Crippen LogP contribution in [0.1, 0.15) is 20.9 Å². The van der Waals surface area contributed by atoms with E-state index in [2.05, 4.69) is 15.0 Å². The van der Waals surface area contributed by atoms with Crippen LogP contribution in [-0.4, -0.2) is 35.5 Å². The predicted octanol–water partition coefficient (Wildman–Crippen LogP) is 2.66. The number of ether oxygens (including phenoxy) is 1. The summed E-state index contributed by atoms with van der Waals surface area (Å²) in [5, 5.41) is 2.95.